The van der Waals surface area contributed by atoms with Gasteiger partial charge in [-0.15, -0.1) is 0 Å². The maximum atomic E-state index is 12.8. The van der Waals surface area contributed by atoms with Gasteiger partial charge in [0.2, 0.25) is 5.89 Å². The van der Waals surface area contributed by atoms with Gasteiger partial charge in [0, 0.05) is 11.5 Å². The Bertz CT molecular complexity index is 913. The highest BCUT2D eigenvalue weighted by Crippen LogP contribution is 2.43. The van der Waals surface area contributed by atoms with Gasteiger partial charge in [-0.3, -0.25) is 0 Å². The van der Waals surface area contributed by atoms with Crippen molar-refractivity contribution in [1.29, 1.82) is 0 Å². The Morgan fingerprint density at radius 2 is 1.77 bits per heavy atom. The van der Waals surface area contributed by atoms with Gasteiger partial charge in [0.1, 0.15) is 5.76 Å². The highest BCUT2D eigenvalue weighted by atomic mass is 16.6. The standard InChI is InChI=1S/C21H19NO4/c1-2-24-16-10-6-7-11-17(16)25-21(23)18-19(14-12-13-14)26-20(22-18)15-8-4-3-5-9-15/h3-11,14H,2,12-13H2,1H3. The minimum atomic E-state index is -0.523. The number of benzene rings is 2. The summed E-state index contributed by atoms with van der Waals surface area (Å²) in [6.07, 6.45) is 2.00. The largest absolute Gasteiger partial charge is 0.490 e. The molecule has 4 rings (SSSR count). The topological polar surface area (TPSA) is 61.6 Å². The van der Waals surface area contributed by atoms with Gasteiger partial charge >= 0.3 is 5.97 Å². The van der Waals surface area contributed by atoms with Crippen molar-refractivity contribution in [1.82, 2.24) is 4.98 Å². The second kappa shape index (κ2) is 7.04. The summed E-state index contributed by atoms with van der Waals surface area (Å²) in [6.45, 7) is 2.37. The van der Waals surface area contributed by atoms with Crippen molar-refractivity contribution in [2.24, 2.45) is 0 Å². The summed E-state index contributed by atoms with van der Waals surface area (Å²) in [5.74, 6) is 1.68. The third-order valence-electron chi connectivity index (χ3n) is 4.17. The van der Waals surface area contributed by atoms with Gasteiger partial charge in [-0.05, 0) is 44.0 Å². The second-order valence-corrected chi connectivity index (χ2v) is 6.14. The quantitative estimate of drug-likeness (QED) is 0.471. The number of carbonyl (C=O) groups is 1. The highest BCUT2D eigenvalue weighted by Gasteiger charge is 2.35. The molecule has 0 spiro atoms. The molecule has 1 saturated carbocycles. The van der Waals surface area contributed by atoms with Crippen LogP contribution in [0.2, 0.25) is 0 Å². The molecule has 1 aromatic heterocycles. The Morgan fingerprint density at radius 1 is 1.08 bits per heavy atom. The van der Waals surface area contributed by atoms with Crippen LogP contribution in [0.4, 0.5) is 0 Å². The van der Waals surface area contributed by atoms with Crippen molar-refractivity contribution in [3.63, 3.8) is 0 Å². The van der Waals surface area contributed by atoms with Gasteiger partial charge in [0.05, 0.1) is 6.61 Å². The zero-order valence-electron chi connectivity index (χ0n) is 14.5. The number of esters is 1. The molecule has 1 aliphatic carbocycles. The summed E-state index contributed by atoms with van der Waals surface area (Å²) in [7, 11) is 0. The molecular weight excluding hydrogens is 330 g/mol. The number of nitrogens with zero attached hydrogens (tertiary/aromatic N) is 1. The first kappa shape index (κ1) is 16.4. The van der Waals surface area contributed by atoms with Gasteiger partial charge in [0.25, 0.3) is 0 Å². The van der Waals surface area contributed by atoms with Crippen molar-refractivity contribution in [2.45, 2.75) is 25.7 Å². The molecule has 0 amide bonds. The van der Waals surface area contributed by atoms with E-state index in [0.29, 0.717) is 29.8 Å². The summed E-state index contributed by atoms with van der Waals surface area (Å²) in [5.41, 5.74) is 1.08. The van der Waals surface area contributed by atoms with Gasteiger partial charge < -0.3 is 13.9 Å². The number of hydrogen-bond acceptors (Lipinski definition) is 5. The molecule has 0 radical (unpaired) electrons. The van der Waals surface area contributed by atoms with Crippen molar-refractivity contribution >= 4 is 5.97 Å². The fourth-order valence-corrected chi connectivity index (χ4v) is 2.76. The first-order valence-electron chi connectivity index (χ1n) is 8.76. The second-order valence-electron chi connectivity index (χ2n) is 6.14. The molecule has 0 unspecified atom stereocenters. The van der Waals surface area contributed by atoms with Crippen LogP contribution in [-0.4, -0.2) is 17.6 Å². The summed E-state index contributed by atoms with van der Waals surface area (Å²) in [5, 5.41) is 0. The third-order valence-corrected chi connectivity index (χ3v) is 4.17. The lowest BCUT2D eigenvalue weighted by atomic mass is 10.2. The van der Waals surface area contributed by atoms with E-state index in [4.69, 9.17) is 13.9 Å². The molecule has 0 saturated heterocycles. The summed E-state index contributed by atoms with van der Waals surface area (Å²) < 4.78 is 17.0. The van der Waals surface area contributed by atoms with Crippen molar-refractivity contribution in [2.75, 3.05) is 6.61 Å². The molecule has 0 bridgehead atoms. The van der Waals surface area contributed by atoms with E-state index >= 15 is 0 Å². The average molecular weight is 349 g/mol. The smallest absolute Gasteiger partial charge is 0.366 e. The number of hydrogen-bond donors (Lipinski definition) is 0. The van der Waals surface area contributed by atoms with Crippen LogP contribution in [0, 0.1) is 0 Å². The Kier molecular flexibility index (Phi) is 4.44. The number of para-hydroxylation sites is 2. The molecule has 1 heterocycles. The van der Waals surface area contributed by atoms with Crippen LogP contribution < -0.4 is 9.47 Å². The van der Waals surface area contributed by atoms with Crippen LogP contribution in [0.3, 0.4) is 0 Å². The number of oxazole rings is 1. The minimum Gasteiger partial charge on any atom is -0.490 e. The van der Waals surface area contributed by atoms with Crippen molar-refractivity contribution < 1.29 is 18.7 Å². The third kappa shape index (κ3) is 3.33. The van der Waals surface area contributed by atoms with E-state index in [-0.39, 0.29) is 11.6 Å². The fourth-order valence-electron chi connectivity index (χ4n) is 2.76. The Hall–Kier alpha value is -3.08. The van der Waals surface area contributed by atoms with Crippen LogP contribution >= 0.6 is 0 Å². The van der Waals surface area contributed by atoms with Gasteiger partial charge in [0.15, 0.2) is 17.2 Å². The van der Waals surface area contributed by atoms with Gasteiger partial charge in [-0.2, -0.15) is 0 Å². The number of aromatic nitrogens is 1. The lowest BCUT2D eigenvalue weighted by molar-refractivity contribution is 0.0720. The van der Waals surface area contributed by atoms with Gasteiger partial charge in [-0.25, -0.2) is 9.78 Å². The van der Waals surface area contributed by atoms with Crippen molar-refractivity contribution in [3.05, 3.63) is 66.1 Å². The van der Waals surface area contributed by atoms with E-state index in [2.05, 4.69) is 4.98 Å². The molecular formula is C21H19NO4. The maximum absolute atomic E-state index is 12.8. The average Bonchev–Trinajstić information content (AvgIpc) is 3.42. The molecule has 132 valence electrons. The molecule has 1 aliphatic rings. The lowest BCUT2D eigenvalue weighted by Gasteiger charge is -2.09. The van der Waals surface area contributed by atoms with Crippen LogP contribution in [0.1, 0.15) is 41.9 Å². The summed E-state index contributed by atoms with van der Waals surface area (Å²) in [6, 6.07) is 16.7. The summed E-state index contributed by atoms with van der Waals surface area (Å²) in [4.78, 5) is 17.2. The van der Waals surface area contributed by atoms with E-state index in [1.54, 1.807) is 18.2 Å². The molecule has 0 atom stereocenters. The Balaban J connectivity index is 1.65. The van der Waals surface area contributed by atoms with E-state index < -0.39 is 5.97 Å². The normalized spacial score (nSPS) is 13.4. The Labute approximate surface area is 151 Å². The predicted octanol–water partition coefficient (Wildman–Crippen LogP) is 4.84. The highest BCUT2D eigenvalue weighted by molar-refractivity contribution is 5.91. The molecule has 0 aliphatic heterocycles. The van der Waals surface area contributed by atoms with E-state index in [1.807, 2.05) is 43.3 Å². The first-order chi connectivity index (χ1) is 12.8. The van der Waals surface area contributed by atoms with Crippen LogP contribution in [0.5, 0.6) is 11.5 Å². The zero-order chi connectivity index (χ0) is 17.9. The van der Waals surface area contributed by atoms with E-state index in [1.165, 1.54) is 0 Å². The minimum absolute atomic E-state index is 0.240. The van der Waals surface area contributed by atoms with Crippen LogP contribution in [0.15, 0.2) is 59.0 Å². The molecule has 5 nitrogen and oxygen atoms in total. The SMILES string of the molecule is CCOc1ccccc1OC(=O)c1nc(-c2ccccc2)oc1C1CC1. The monoisotopic (exact) mass is 349 g/mol. The number of rotatable bonds is 6. The van der Waals surface area contributed by atoms with Crippen molar-refractivity contribution in [3.8, 4) is 23.0 Å². The predicted molar refractivity (Wildman–Crippen MR) is 96.5 cm³/mol. The molecule has 0 N–H and O–H groups in total. The molecule has 26 heavy (non-hydrogen) atoms. The molecule has 3 aromatic rings. The lowest BCUT2D eigenvalue weighted by Crippen LogP contribution is -2.12. The Morgan fingerprint density at radius 3 is 2.46 bits per heavy atom. The molecule has 5 heteroatoms. The van der Waals surface area contributed by atoms with E-state index in [0.717, 1.165) is 18.4 Å². The summed E-state index contributed by atoms with van der Waals surface area (Å²) >= 11 is 0. The number of ether oxygens (including phenoxy) is 2. The fraction of sp³-hybridized carbons (Fsp3) is 0.238. The van der Waals surface area contributed by atoms with E-state index in [9.17, 15) is 4.79 Å². The van der Waals surface area contributed by atoms with Crippen LogP contribution in [-0.2, 0) is 0 Å². The van der Waals surface area contributed by atoms with Crippen LogP contribution in [0.25, 0.3) is 11.5 Å². The maximum Gasteiger partial charge on any atom is 0.366 e. The van der Waals surface area contributed by atoms with Gasteiger partial charge in [-0.1, -0.05) is 30.3 Å². The first-order valence-corrected chi connectivity index (χ1v) is 8.76. The molecule has 1 fully saturated rings. The molecule has 2 aromatic carbocycles. The zero-order valence-corrected chi connectivity index (χ0v) is 14.5. The number of carbonyl (C=O) groups excluding carboxylic acids is 1.